The van der Waals surface area contributed by atoms with E-state index in [1.807, 2.05) is 13.0 Å². The SMILES string of the molecule is CCCC(C)(N)C(=O)Nc1ccc([N+](=O)[O-])cc1C#N. The molecular weight excluding hydrogens is 260 g/mol. The number of anilines is 1. The van der Waals surface area contributed by atoms with Crippen LogP contribution in [0.15, 0.2) is 18.2 Å². The van der Waals surface area contributed by atoms with Crippen molar-refractivity contribution in [3.63, 3.8) is 0 Å². The minimum absolute atomic E-state index is 0.0276. The first-order chi connectivity index (χ1) is 9.31. The molecule has 1 atom stereocenters. The van der Waals surface area contributed by atoms with Crippen molar-refractivity contribution in [3.05, 3.63) is 33.9 Å². The lowest BCUT2D eigenvalue weighted by atomic mass is 9.96. The van der Waals surface area contributed by atoms with Gasteiger partial charge in [0.1, 0.15) is 6.07 Å². The maximum atomic E-state index is 12.0. The molecule has 1 unspecified atom stereocenters. The number of non-ortho nitro benzene ring substituents is 1. The van der Waals surface area contributed by atoms with Crippen LogP contribution >= 0.6 is 0 Å². The third kappa shape index (κ3) is 3.52. The number of hydrogen-bond acceptors (Lipinski definition) is 5. The molecule has 0 heterocycles. The maximum absolute atomic E-state index is 12.0. The van der Waals surface area contributed by atoms with Gasteiger partial charge in [0.25, 0.3) is 5.69 Å². The van der Waals surface area contributed by atoms with Crippen LogP contribution in [-0.4, -0.2) is 16.4 Å². The number of carbonyl (C=O) groups is 1. The molecular formula is C13H16N4O3. The second-order valence-corrected chi connectivity index (χ2v) is 4.72. The van der Waals surface area contributed by atoms with Crippen molar-refractivity contribution in [3.8, 4) is 6.07 Å². The molecule has 20 heavy (non-hydrogen) atoms. The van der Waals surface area contributed by atoms with E-state index in [1.54, 1.807) is 6.92 Å². The molecule has 0 saturated carbocycles. The molecule has 7 nitrogen and oxygen atoms in total. The van der Waals surface area contributed by atoms with Crippen LogP contribution in [0, 0.1) is 21.4 Å². The molecule has 0 bridgehead atoms. The quantitative estimate of drug-likeness (QED) is 0.628. The minimum Gasteiger partial charge on any atom is -0.323 e. The van der Waals surface area contributed by atoms with Crippen LogP contribution in [0.1, 0.15) is 32.3 Å². The lowest BCUT2D eigenvalue weighted by Crippen LogP contribution is -2.48. The van der Waals surface area contributed by atoms with Crippen LogP contribution < -0.4 is 11.1 Å². The zero-order valence-corrected chi connectivity index (χ0v) is 11.3. The van der Waals surface area contributed by atoms with Gasteiger partial charge in [0.05, 0.1) is 21.7 Å². The van der Waals surface area contributed by atoms with Gasteiger partial charge in [-0.1, -0.05) is 13.3 Å². The highest BCUT2D eigenvalue weighted by Crippen LogP contribution is 2.22. The highest BCUT2D eigenvalue weighted by atomic mass is 16.6. The number of hydrogen-bond donors (Lipinski definition) is 2. The normalized spacial score (nSPS) is 13.1. The molecule has 1 rings (SSSR count). The largest absolute Gasteiger partial charge is 0.323 e. The monoisotopic (exact) mass is 276 g/mol. The summed E-state index contributed by atoms with van der Waals surface area (Å²) >= 11 is 0. The Morgan fingerprint density at radius 2 is 2.25 bits per heavy atom. The van der Waals surface area contributed by atoms with E-state index in [-0.39, 0.29) is 16.9 Å². The van der Waals surface area contributed by atoms with Gasteiger partial charge in [0.15, 0.2) is 0 Å². The van der Waals surface area contributed by atoms with Crippen LogP contribution in [0.2, 0.25) is 0 Å². The number of nitrogens with zero attached hydrogens (tertiary/aromatic N) is 2. The third-order valence-corrected chi connectivity index (χ3v) is 2.87. The molecule has 0 aliphatic heterocycles. The fraction of sp³-hybridized carbons (Fsp3) is 0.385. The highest BCUT2D eigenvalue weighted by Gasteiger charge is 2.28. The molecule has 0 spiro atoms. The van der Waals surface area contributed by atoms with Gasteiger partial charge in [-0.15, -0.1) is 0 Å². The van der Waals surface area contributed by atoms with Gasteiger partial charge in [-0.05, 0) is 19.4 Å². The summed E-state index contributed by atoms with van der Waals surface area (Å²) in [5.41, 5.74) is 4.87. The Hall–Kier alpha value is -2.46. The lowest BCUT2D eigenvalue weighted by Gasteiger charge is -2.23. The van der Waals surface area contributed by atoms with Crippen molar-refractivity contribution in [1.29, 1.82) is 5.26 Å². The number of amides is 1. The Morgan fingerprint density at radius 3 is 2.75 bits per heavy atom. The average molecular weight is 276 g/mol. The first-order valence-electron chi connectivity index (χ1n) is 6.10. The van der Waals surface area contributed by atoms with E-state index in [4.69, 9.17) is 11.0 Å². The van der Waals surface area contributed by atoms with Crippen molar-refractivity contribution in [1.82, 2.24) is 0 Å². The van der Waals surface area contributed by atoms with Crippen molar-refractivity contribution >= 4 is 17.3 Å². The van der Waals surface area contributed by atoms with Crippen LogP contribution in [0.5, 0.6) is 0 Å². The van der Waals surface area contributed by atoms with Crippen molar-refractivity contribution in [2.45, 2.75) is 32.2 Å². The molecule has 3 N–H and O–H groups in total. The fourth-order valence-corrected chi connectivity index (χ4v) is 1.75. The van der Waals surface area contributed by atoms with Gasteiger partial charge in [0, 0.05) is 12.1 Å². The number of benzene rings is 1. The summed E-state index contributed by atoms with van der Waals surface area (Å²) < 4.78 is 0. The van der Waals surface area contributed by atoms with Gasteiger partial charge in [0.2, 0.25) is 5.91 Å². The molecule has 7 heteroatoms. The Balaban J connectivity index is 3.02. The van der Waals surface area contributed by atoms with Crippen LogP contribution in [0.3, 0.4) is 0 Å². The van der Waals surface area contributed by atoms with E-state index >= 15 is 0 Å². The number of nitro groups is 1. The molecule has 1 aromatic carbocycles. The van der Waals surface area contributed by atoms with Crippen LogP contribution in [-0.2, 0) is 4.79 Å². The Kier molecular flexibility index (Phi) is 4.78. The molecule has 0 saturated heterocycles. The van der Waals surface area contributed by atoms with E-state index in [0.717, 1.165) is 12.5 Å². The van der Waals surface area contributed by atoms with Crippen LogP contribution in [0.25, 0.3) is 0 Å². The predicted octanol–water partition coefficient (Wildman–Crippen LogP) is 1.92. The number of nitriles is 1. The first kappa shape index (κ1) is 15.6. The first-order valence-corrected chi connectivity index (χ1v) is 6.10. The second kappa shape index (κ2) is 6.12. The number of nitrogens with two attached hydrogens (primary N) is 1. The zero-order chi connectivity index (χ0) is 15.3. The average Bonchev–Trinajstić information content (AvgIpc) is 2.38. The number of rotatable bonds is 5. The summed E-state index contributed by atoms with van der Waals surface area (Å²) in [6.07, 6.45) is 1.24. The van der Waals surface area contributed by atoms with E-state index in [0.29, 0.717) is 6.42 Å². The van der Waals surface area contributed by atoms with Crippen LogP contribution in [0.4, 0.5) is 11.4 Å². The van der Waals surface area contributed by atoms with E-state index < -0.39 is 16.4 Å². The van der Waals surface area contributed by atoms with Gasteiger partial charge < -0.3 is 11.1 Å². The molecule has 1 amide bonds. The number of nitrogens with one attached hydrogen (secondary N) is 1. The van der Waals surface area contributed by atoms with Gasteiger partial charge in [-0.2, -0.15) is 5.26 Å². The number of nitro benzene ring substituents is 1. The van der Waals surface area contributed by atoms with E-state index in [1.165, 1.54) is 12.1 Å². The lowest BCUT2D eigenvalue weighted by molar-refractivity contribution is -0.384. The molecule has 0 aliphatic carbocycles. The summed E-state index contributed by atoms with van der Waals surface area (Å²) in [7, 11) is 0. The van der Waals surface area contributed by atoms with Gasteiger partial charge >= 0.3 is 0 Å². The van der Waals surface area contributed by atoms with E-state index in [2.05, 4.69) is 5.32 Å². The molecule has 106 valence electrons. The molecule has 1 aromatic rings. The standard InChI is InChI=1S/C13H16N4O3/c1-3-6-13(2,15)12(18)16-11-5-4-10(17(19)20)7-9(11)8-14/h4-5,7H,3,6,15H2,1-2H3,(H,16,18). The Bertz CT molecular complexity index is 575. The van der Waals surface area contributed by atoms with Gasteiger partial charge in [-0.25, -0.2) is 0 Å². The third-order valence-electron chi connectivity index (χ3n) is 2.87. The van der Waals surface area contributed by atoms with Crippen molar-refractivity contribution < 1.29 is 9.72 Å². The predicted molar refractivity (Wildman–Crippen MR) is 73.9 cm³/mol. The number of carbonyl (C=O) groups excluding carboxylic acids is 1. The molecule has 0 radical (unpaired) electrons. The van der Waals surface area contributed by atoms with Crippen molar-refractivity contribution in [2.24, 2.45) is 5.73 Å². The Labute approximate surface area is 116 Å². The summed E-state index contributed by atoms with van der Waals surface area (Å²) in [5.74, 6) is -0.426. The summed E-state index contributed by atoms with van der Waals surface area (Å²) in [6, 6.07) is 5.49. The molecule has 0 aliphatic rings. The molecule has 0 fully saturated rings. The van der Waals surface area contributed by atoms with Crippen molar-refractivity contribution in [2.75, 3.05) is 5.32 Å². The van der Waals surface area contributed by atoms with E-state index in [9.17, 15) is 14.9 Å². The second-order valence-electron chi connectivity index (χ2n) is 4.72. The smallest absolute Gasteiger partial charge is 0.270 e. The molecule has 0 aromatic heterocycles. The Morgan fingerprint density at radius 1 is 1.60 bits per heavy atom. The topological polar surface area (TPSA) is 122 Å². The zero-order valence-electron chi connectivity index (χ0n) is 11.3. The summed E-state index contributed by atoms with van der Waals surface area (Å²) in [5, 5.41) is 22.2. The summed E-state index contributed by atoms with van der Waals surface area (Å²) in [4.78, 5) is 22.1. The summed E-state index contributed by atoms with van der Waals surface area (Å²) in [6.45, 7) is 3.51. The minimum atomic E-state index is -1.05. The highest BCUT2D eigenvalue weighted by molar-refractivity contribution is 5.98. The maximum Gasteiger partial charge on any atom is 0.270 e. The van der Waals surface area contributed by atoms with Gasteiger partial charge in [-0.3, -0.25) is 14.9 Å². The fourth-order valence-electron chi connectivity index (χ4n) is 1.75.